The monoisotopic (exact) mass is 233 g/mol. The van der Waals surface area contributed by atoms with Crippen molar-refractivity contribution in [1.29, 1.82) is 0 Å². The van der Waals surface area contributed by atoms with Gasteiger partial charge in [-0.3, -0.25) is 9.78 Å². The molecule has 1 rings (SSSR count). The number of aryl methyl sites for hydroxylation is 2. The van der Waals surface area contributed by atoms with Gasteiger partial charge in [-0.25, -0.2) is 0 Å². The predicted octanol–water partition coefficient (Wildman–Crippen LogP) is 2.72. The van der Waals surface area contributed by atoms with Gasteiger partial charge in [-0.15, -0.1) is 0 Å². The lowest BCUT2D eigenvalue weighted by atomic mass is 10.2. The average molecular weight is 233 g/mol. The Balaban J connectivity index is 2.53. The lowest BCUT2D eigenvalue weighted by molar-refractivity contribution is -0.109. The van der Waals surface area contributed by atoms with Crippen molar-refractivity contribution in [3.05, 3.63) is 29.1 Å². The molecule has 0 spiro atoms. The molecule has 0 aliphatic carbocycles. The highest BCUT2D eigenvalue weighted by atomic mass is 32.2. The normalized spacial score (nSPS) is 9.44. The largest absolute Gasteiger partial charge is 0.288 e. The van der Waals surface area contributed by atoms with Crippen LogP contribution in [0.15, 0.2) is 12.1 Å². The van der Waals surface area contributed by atoms with Crippen LogP contribution in [0.3, 0.4) is 0 Å². The number of carbonyl (C=O) groups excluding carboxylic acids is 1. The van der Waals surface area contributed by atoms with Gasteiger partial charge >= 0.3 is 0 Å². The van der Waals surface area contributed by atoms with Gasteiger partial charge < -0.3 is 0 Å². The Morgan fingerprint density at radius 2 is 2.00 bits per heavy atom. The third-order valence-electron chi connectivity index (χ3n) is 1.85. The van der Waals surface area contributed by atoms with Crippen LogP contribution in [0.2, 0.25) is 0 Å². The number of pyridine rings is 1. The maximum absolute atomic E-state index is 10.7. The molecule has 0 N–H and O–H groups in total. The van der Waals surface area contributed by atoms with Gasteiger partial charge in [-0.05, 0) is 26.0 Å². The molecule has 0 unspecified atom stereocenters. The van der Waals surface area contributed by atoms with E-state index in [2.05, 4.69) is 16.8 Å². The molecule has 0 saturated carbocycles. The summed E-state index contributed by atoms with van der Waals surface area (Å²) in [5.74, 6) is 6.92. The van der Waals surface area contributed by atoms with Crippen molar-refractivity contribution in [2.24, 2.45) is 0 Å². The smallest absolute Gasteiger partial charge is 0.185 e. The fraction of sp³-hybridized carbons (Fsp3) is 0.385. The molecule has 1 heterocycles. The van der Waals surface area contributed by atoms with E-state index in [1.54, 1.807) is 6.92 Å². The van der Waals surface area contributed by atoms with Gasteiger partial charge in [0.25, 0.3) is 0 Å². The second kappa shape index (κ2) is 6.34. The molecule has 16 heavy (non-hydrogen) atoms. The van der Waals surface area contributed by atoms with Crippen molar-refractivity contribution in [2.75, 3.05) is 5.75 Å². The first-order valence-corrected chi connectivity index (χ1v) is 6.14. The molecule has 0 atom stereocenters. The SMILES string of the molecule is CC(=O)SCCC#Cc1cc(C)nc(C)c1. The molecule has 0 saturated heterocycles. The molecule has 3 heteroatoms. The fourth-order valence-corrected chi connectivity index (χ4v) is 1.81. The molecule has 1 aromatic rings. The number of thioether (sulfide) groups is 1. The van der Waals surface area contributed by atoms with Crippen LogP contribution in [0, 0.1) is 25.7 Å². The van der Waals surface area contributed by atoms with Crippen molar-refractivity contribution < 1.29 is 4.79 Å². The third-order valence-corrected chi connectivity index (χ3v) is 2.66. The van der Waals surface area contributed by atoms with Crippen molar-refractivity contribution in [3.63, 3.8) is 0 Å². The quantitative estimate of drug-likeness (QED) is 0.581. The summed E-state index contributed by atoms with van der Waals surface area (Å²) in [5, 5.41) is 0.150. The summed E-state index contributed by atoms with van der Waals surface area (Å²) in [5.41, 5.74) is 2.97. The Morgan fingerprint density at radius 3 is 2.56 bits per heavy atom. The zero-order valence-electron chi connectivity index (χ0n) is 9.83. The maximum Gasteiger partial charge on any atom is 0.185 e. The van der Waals surface area contributed by atoms with Gasteiger partial charge in [0.1, 0.15) is 0 Å². The van der Waals surface area contributed by atoms with Gasteiger partial charge in [0.05, 0.1) is 0 Å². The number of hydrogen-bond acceptors (Lipinski definition) is 3. The van der Waals surface area contributed by atoms with Crippen molar-refractivity contribution in [2.45, 2.75) is 27.2 Å². The van der Waals surface area contributed by atoms with E-state index in [1.165, 1.54) is 11.8 Å². The Bertz CT molecular complexity index is 423. The van der Waals surface area contributed by atoms with E-state index >= 15 is 0 Å². The average Bonchev–Trinajstić information content (AvgIpc) is 2.15. The minimum absolute atomic E-state index is 0.150. The molecular formula is C13H15NOS. The number of aromatic nitrogens is 1. The Morgan fingerprint density at radius 1 is 1.38 bits per heavy atom. The molecule has 0 radical (unpaired) electrons. The van der Waals surface area contributed by atoms with Crippen molar-refractivity contribution in [1.82, 2.24) is 4.98 Å². The topological polar surface area (TPSA) is 30.0 Å². The highest BCUT2D eigenvalue weighted by Gasteiger charge is 1.93. The molecule has 0 bridgehead atoms. The summed E-state index contributed by atoms with van der Waals surface area (Å²) >= 11 is 1.32. The van der Waals surface area contributed by atoms with Crippen molar-refractivity contribution >= 4 is 16.9 Å². The molecule has 1 aromatic heterocycles. The van der Waals surface area contributed by atoms with Crippen LogP contribution < -0.4 is 0 Å². The minimum Gasteiger partial charge on any atom is -0.288 e. The highest BCUT2D eigenvalue weighted by molar-refractivity contribution is 8.13. The minimum atomic E-state index is 0.150. The van der Waals surface area contributed by atoms with E-state index in [1.807, 2.05) is 26.0 Å². The van der Waals surface area contributed by atoms with Crippen LogP contribution >= 0.6 is 11.8 Å². The lowest BCUT2D eigenvalue weighted by Gasteiger charge is -1.96. The van der Waals surface area contributed by atoms with E-state index in [9.17, 15) is 4.79 Å². The predicted molar refractivity (Wildman–Crippen MR) is 68.3 cm³/mol. The summed E-state index contributed by atoms with van der Waals surface area (Å²) in [4.78, 5) is 15.0. The number of rotatable bonds is 2. The first kappa shape index (κ1) is 12.8. The van der Waals surface area contributed by atoms with Crippen LogP contribution in [-0.2, 0) is 4.79 Å². The van der Waals surface area contributed by atoms with Crippen LogP contribution in [0.4, 0.5) is 0 Å². The summed E-state index contributed by atoms with van der Waals surface area (Å²) in [6.07, 6.45) is 0.741. The Kier molecular flexibility index (Phi) is 5.07. The second-order valence-electron chi connectivity index (χ2n) is 3.53. The second-order valence-corrected chi connectivity index (χ2v) is 4.80. The first-order chi connectivity index (χ1) is 7.58. The summed E-state index contributed by atoms with van der Waals surface area (Å²) < 4.78 is 0. The fourth-order valence-electron chi connectivity index (χ4n) is 1.32. The van der Waals surface area contributed by atoms with Crippen molar-refractivity contribution in [3.8, 4) is 11.8 Å². The highest BCUT2D eigenvalue weighted by Crippen LogP contribution is 2.04. The van der Waals surface area contributed by atoms with E-state index in [0.717, 1.165) is 29.1 Å². The van der Waals surface area contributed by atoms with Gasteiger partial charge in [0.2, 0.25) is 0 Å². The van der Waals surface area contributed by atoms with Gasteiger partial charge in [0.15, 0.2) is 5.12 Å². The maximum atomic E-state index is 10.7. The first-order valence-electron chi connectivity index (χ1n) is 5.15. The lowest BCUT2D eigenvalue weighted by Crippen LogP contribution is -1.88. The molecule has 0 amide bonds. The standard InChI is InChI=1S/C13H15NOS/c1-10-8-13(9-11(2)14-10)6-4-5-7-16-12(3)15/h8-9H,5,7H2,1-3H3. The molecular weight excluding hydrogens is 218 g/mol. The van der Waals surface area contributed by atoms with Gasteiger partial charge in [0, 0.05) is 36.0 Å². The van der Waals surface area contributed by atoms with E-state index < -0.39 is 0 Å². The molecule has 0 aromatic carbocycles. The summed E-state index contributed by atoms with van der Waals surface area (Å²) in [6, 6.07) is 3.94. The van der Waals surface area contributed by atoms with E-state index in [0.29, 0.717) is 0 Å². The summed E-state index contributed by atoms with van der Waals surface area (Å²) in [6.45, 7) is 5.50. The Labute approximate surface area is 101 Å². The summed E-state index contributed by atoms with van der Waals surface area (Å²) in [7, 11) is 0. The van der Waals surface area contributed by atoms with Crippen LogP contribution in [0.25, 0.3) is 0 Å². The van der Waals surface area contributed by atoms with E-state index in [-0.39, 0.29) is 5.12 Å². The molecule has 0 aliphatic heterocycles. The number of nitrogens with zero attached hydrogens (tertiary/aromatic N) is 1. The zero-order chi connectivity index (χ0) is 12.0. The van der Waals surface area contributed by atoms with E-state index in [4.69, 9.17) is 0 Å². The van der Waals surface area contributed by atoms with Gasteiger partial charge in [-0.2, -0.15) is 0 Å². The zero-order valence-corrected chi connectivity index (χ0v) is 10.6. The molecule has 84 valence electrons. The van der Waals surface area contributed by atoms with Crippen LogP contribution in [0.5, 0.6) is 0 Å². The third kappa shape index (κ3) is 4.99. The number of hydrogen-bond donors (Lipinski definition) is 0. The Hall–Kier alpha value is -1.27. The molecule has 0 aliphatic rings. The van der Waals surface area contributed by atoms with Crippen LogP contribution in [0.1, 0.15) is 30.3 Å². The molecule has 2 nitrogen and oxygen atoms in total. The van der Waals surface area contributed by atoms with Crippen LogP contribution in [-0.4, -0.2) is 15.9 Å². The van der Waals surface area contributed by atoms with Gasteiger partial charge in [-0.1, -0.05) is 23.6 Å². The number of carbonyl (C=O) groups is 1. The molecule has 0 fully saturated rings.